The zero-order valence-corrected chi connectivity index (χ0v) is 16.6. The molecule has 0 spiro atoms. The van der Waals surface area contributed by atoms with Crippen molar-refractivity contribution in [2.75, 3.05) is 11.9 Å². The Labute approximate surface area is 169 Å². The largest absolute Gasteiger partial charge is 0.449 e. The maximum absolute atomic E-state index is 12.3. The van der Waals surface area contributed by atoms with Crippen LogP contribution in [-0.4, -0.2) is 35.5 Å². The van der Waals surface area contributed by atoms with Crippen molar-refractivity contribution in [3.05, 3.63) is 45.5 Å². The molecule has 0 unspecified atom stereocenters. The molecule has 8 heteroatoms. The van der Waals surface area contributed by atoms with Crippen LogP contribution in [0.5, 0.6) is 0 Å². The Kier molecular flexibility index (Phi) is 6.85. The van der Waals surface area contributed by atoms with Crippen molar-refractivity contribution in [3.8, 4) is 0 Å². The number of rotatable bonds is 9. The molecule has 1 aromatic carbocycles. The van der Waals surface area contributed by atoms with Gasteiger partial charge in [0.15, 0.2) is 6.10 Å². The van der Waals surface area contributed by atoms with Crippen molar-refractivity contribution in [3.63, 3.8) is 0 Å². The minimum atomic E-state index is -0.980. The van der Waals surface area contributed by atoms with Crippen molar-refractivity contribution in [2.24, 2.45) is 0 Å². The van der Waals surface area contributed by atoms with Crippen LogP contribution in [0.25, 0.3) is 0 Å². The highest BCUT2D eigenvalue weighted by atomic mass is 16.6. The molecule has 156 valence electrons. The van der Waals surface area contributed by atoms with Crippen LogP contribution in [-0.2, 0) is 9.53 Å². The normalized spacial score (nSPS) is 17.1. The van der Waals surface area contributed by atoms with Gasteiger partial charge in [-0.1, -0.05) is 11.6 Å². The molecular formula is C21H27N3O5. The number of benzene rings is 1. The van der Waals surface area contributed by atoms with Gasteiger partial charge in [-0.3, -0.25) is 14.9 Å². The number of nitrogens with zero attached hydrogens (tertiary/aromatic N) is 1. The third kappa shape index (κ3) is 6.04. The number of hydrogen-bond donors (Lipinski definition) is 2. The van der Waals surface area contributed by atoms with Gasteiger partial charge in [-0.15, -0.1) is 0 Å². The zero-order valence-electron chi connectivity index (χ0n) is 16.6. The monoisotopic (exact) mass is 401 g/mol. The average molecular weight is 401 g/mol. The number of hydrogen-bond acceptors (Lipinski definition) is 6. The second-order valence-corrected chi connectivity index (χ2v) is 7.60. The van der Waals surface area contributed by atoms with E-state index in [4.69, 9.17) is 4.74 Å². The number of carbonyl (C=O) groups is 2. The molecule has 1 aromatic rings. The number of allylic oxidation sites excluding steroid dienone is 1. The lowest BCUT2D eigenvalue weighted by atomic mass is 9.97. The zero-order chi connectivity index (χ0) is 20.8. The number of amides is 1. The van der Waals surface area contributed by atoms with Crippen LogP contribution in [0.15, 0.2) is 29.8 Å². The lowest BCUT2D eigenvalue weighted by molar-refractivity contribution is -0.384. The molecule has 0 heterocycles. The Bertz CT molecular complexity index is 817. The number of anilines is 1. The van der Waals surface area contributed by atoms with E-state index in [1.165, 1.54) is 43.5 Å². The van der Waals surface area contributed by atoms with Crippen LogP contribution >= 0.6 is 0 Å². The Morgan fingerprint density at radius 3 is 2.76 bits per heavy atom. The first-order valence-corrected chi connectivity index (χ1v) is 10.2. The maximum Gasteiger partial charge on any atom is 0.339 e. The minimum absolute atomic E-state index is 0.0464. The molecule has 0 radical (unpaired) electrons. The molecule has 3 rings (SSSR count). The van der Waals surface area contributed by atoms with Gasteiger partial charge in [0.2, 0.25) is 0 Å². The van der Waals surface area contributed by atoms with Gasteiger partial charge in [-0.05, 0) is 64.0 Å². The number of ether oxygens (including phenoxy) is 1. The first-order valence-electron chi connectivity index (χ1n) is 10.2. The fraction of sp³-hybridized carbons (Fsp3) is 0.524. The van der Waals surface area contributed by atoms with Gasteiger partial charge in [-0.2, -0.15) is 0 Å². The molecule has 1 saturated carbocycles. The van der Waals surface area contributed by atoms with E-state index in [9.17, 15) is 19.7 Å². The summed E-state index contributed by atoms with van der Waals surface area (Å²) in [4.78, 5) is 35.3. The van der Waals surface area contributed by atoms with Crippen LogP contribution in [0.3, 0.4) is 0 Å². The highest BCUT2D eigenvalue weighted by Crippen LogP contribution is 2.31. The number of nitro groups is 1. The Morgan fingerprint density at radius 1 is 1.31 bits per heavy atom. The van der Waals surface area contributed by atoms with E-state index < -0.39 is 17.0 Å². The van der Waals surface area contributed by atoms with Gasteiger partial charge in [0.05, 0.1) is 10.5 Å². The predicted molar refractivity (Wildman–Crippen MR) is 109 cm³/mol. The van der Waals surface area contributed by atoms with Gasteiger partial charge >= 0.3 is 5.97 Å². The van der Waals surface area contributed by atoms with E-state index in [2.05, 4.69) is 16.7 Å². The van der Waals surface area contributed by atoms with Crippen molar-refractivity contribution in [1.29, 1.82) is 0 Å². The highest BCUT2D eigenvalue weighted by Gasteiger charge is 2.26. The van der Waals surface area contributed by atoms with E-state index in [0.29, 0.717) is 12.2 Å². The van der Waals surface area contributed by atoms with E-state index in [-0.39, 0.29) is 23.2 Å². The number of nitrogens with one attached hydrogen (secondary N) is 2. The molecule has 29 heavy (non-hydrogen) atoms. The van der Waals surface area contributed by atoms with E-state index in [1.54, 1.807) is 0 Å². The fourth-order valence-electron chi connectivity index (χ4n) is 3.28. The molecule has 0 bridgehead atoms. The first-order chi connectivity index (χ1) is 13.9. The fourth-order valence-corrected chi connectivity index (χ4v) is 3.28. The quantitative estimate of drug-likeness (QED) is 0.282. The molecule has 0 aliphatic heterocycles. The van der Waals surface area contributed by atoms with Crippen LogP contribution in [0.1, 0.15) is 62.2 Å². The summed E-state index contributed by atoms with van der Waals surface area (Å²) >= 11 is 0. The number of carbonyl (C=O) groups excluding carboxylic acids is 2. The lowest BCUT2D eigenvalue weighted by Crippen LogP contribution is -2.36. The molecule has 1 atom stereocenters. The lowest BCUT2D eigenvalue weighted by Gasteiger charge is -2.16. The average Bonchev–Trinajstić information content (AvgIpc) is 3.52. The molecule has 0 saturated heterocycles. The van der Waals surface area contributed by atoms with Crippen molar-refractivity contribution in [1.82, 2.24) is 5.32 Å². The smallest absolute Gasteiger partial charge is 0.339 e. The Balaban J connectivity index is 1.52. The number of nitro benzene ring substituents is 1. The minimum Gasteiger partial charge on any atom is -0.449 e. The van der Waals surface area contributed by atoms with Gasteiger partial charge < -0.3 is 15.4 Å². The summed E-state index contributed by atoms with van der Waals surface area (Å²) in [6.45, 7) is 1.99. The molecule has 1 fully saturated rings. The van der Waals surface area contributed by atoms with Crippen LogP contribution < -0.4 is 10.6 Å². The van der Waals surface area contributed by atoms with Gasteiger partial charge in [0.1, 0.15) is 5.69 Å². The van der Waals surface area contributed by atoms with Crippen LogP contribution in [0, 0.1) is 10.1 Å². The number of esters is 1. The summed E-state index contributed by atoms with van der Waals surface area (Å²) < 4.78 is 5.20. The summed E-state index contributed by atoms with van der Waals surface area (Å²) in [5.41, 5.74) is 1.61. The first kappa shape index (κ1) is 20.8. The third-order valence-electron chi connectivity index (χ3n) is 5.15. The summed E-state index contributed by atoms with van der Waals surface area (Å²) in [7, 11) is 0. The SMILES string of the molecule is C[C@H](OC(=O)c1ccc(NC2CC2)c([N+](=O)[O-])c1)C(=O)NCCC1=CCCCC1. The van der Waals surface area contributed by atoms with Gasteiger partial charge in [0, 0.05) is 18.7 Å². The van der Waals surface area contributed by atoms with E-state index >= 15 is 0 Å². The van der Waals surface area contributed by atoms with E-state index in [1.807, 2.05) is 0 Å². The molecule has 2 aliphatic rings. The van der Waals surface area contributed by atoms with Crippen LogP contribution in [0.2, 0.25) is 0 Å². The highest BCUT2D eigenvalue weighted by molar-refractivity contribution is 5.93. The van der Waals surface area contributed by atoms with Crippen molar-refractivity contribution in [2.45, 2.75) is 64.0 Å². The molecular weight excluding hydrogens is 374 g/mol. The topological polar surface area (TPSA) is 111 Å². The van der Waals surface area contributed by atoms with Crippen LogP contribution in [0.4, 0.5) is 11.4 Å². The molecule has 0 aromatic heterocycles. The van der Waals surface area contributed by atoms with E-state index in [0.717, 1.165) is 32.1 Å². The summed E-state index contributed by atoms with van der Waals surface area (Å²) in [5, 5.41) is 17.2. The third-order valence-corrected chi connectivity index (χ3v) is 5.15. The molecule has 1 amide bonds. The van der Waals surface area contributed by atoms with Crippen molar-refractivity contribution >= 4 is 23.3 Å². The molecule has 8 nitrogen and oxygen atoms in total. The van der Waals surface area contributed by atoms with Gasteiger partial charge in [0.25, 0.3) is 11.6 Å². The second kappa shape index (κ2) is 9.54. The standard InChI is InChI=1S/C21H27N3O5/c1-14(20(25)22-12-11-15-5-3-2-4-6-15)29-21(26)16-7-10-18(23-17-8-9-17)19(13-16)24(27)28/h5,7,10,13-14,17,23H,2-4,6,8-9,11-12H2,1H3,(H,22,25)/t14-/m0/s1. The molecule has 2 aliphatic carbocycles. The summed E-state index contributed by atoms with van der Waals surface area (Å²) in [6.07, 6.45) is 8.58. The summed E-state index contributed by atoms with van der Waals surface area (Å²) in [6, 6.07) is 4.42. The predicted octanol–water partition coefficient (Wildman–Crippen LogP) is 3.72. The Hall–Kier alpha value is -2.90. The summed E-state index contributed by atoms with van der Waals surface area (Å²) in [5.74, 6) is -1.14. The van der Waals surface area contributed by atoms with Gasteiger partial charge in [-0.25, -0.2) is 4.79 Å². The van der Waals surface area contributed by atoms with Crippen molar-refractivity contribution < 1.29 is 19.2 Å². The maximum atomic E-state index is 12.3. The Morgan fingerprint density at radius 2 is 2.10 bits per heavy atom. The second-order valence-electron chi connectivity index (χ2n) is 7.60. The molecule has 2 N–H and O–H groups in total.